The van der Waals surface area contributed by atoms with Gasteiger partial charge in [-0.3, -0.25) is 10.1 Å². The van der Waals surface area contributed by atoms with E-state index in [9.17, 15) is 9.59 Å². The third-order valence-corrected chi connectivity index (χ3v) is 5.48. The highest BCUT2D eigenvalue weighted by molar-refractivity contribution is 7.13. The van der Waals surface area contributed by atoms with E-state index in [2.05, 4.69) is 20.8 Å². The zero-order valence-electron chi connectivity index (χ0n) is 15.5. The van der Waals surface area contributed by atoms with E-state index >= 15 is 0 Å². The highest BCUT2D eigenvalue weighted by Gasteiger charge is 2.18. The van der Waals surface area contributed by atoms with E-state index in [1.807, 2.05) is 0 Å². The number of rotatable bonds is 6. The fourth-order valence-corrected chi connectivity index (χ4v) is 3.45. The third kappa shape index (κ3) is 5.47. The van der Waals surface area contributed by atoms with E-state index in [-0.39, 0.29) is 19.0 Å². The number of carbonyl (C=O) groups is 2. The molecule has 29 heavy (non-hydrogen) atoms. The van der Waals surface area contributed by atoms with Crippen LogP contribution < -0.4 is 10.6 Å². The predicted molar refractivity (Wildman–Crippen MR) is 111 cm³/mol. The van der Waals surface area contributed by atoms with Crippen LogP contribution in [0.15, 0.2) is 34.3 Å². The van der Waals surface area contributed by atoms with E-state index in [4.69, 9.17) is 27.7 Å². The molecule has 0 atom stereocenters. The molecular formula is C18H17Cl2N5O3S. The highest BCUT2D eigenvalue weighted by atomic mass is 35.5. The summed E-state index contributed by atoms with van der Waals surface area (Å²) in [4.78, 5) is 30.3. The summed E-state index contributed by atoms with van der Waals surface area (Å²) >= 11 is 13.1. The molecular weight excluding hydrogens is 437 g/mol. The molecule has 0 bridgehead atoms. The first-order chi connectivity index (χ1) is 13.8. The first kappa shape index (κ1) is 21.1. The van der Waals surface area contributed by atoms with E-state index < -0.39 is 6.03 Å². The van der Waals surface area contributed by atoms with Crippen molar-refractivity contribution in [3.8, 4) is 0 Å². The summed E-state index contributed by atoms with van der Waals surface area (Å²) in [5.74, 6) is 0.242. The first-order valence-corrected chi connectivity index (χ1v) is 10.1. The smallest absolute Gasteiger partial charge is 0.321 e. The minimum atomic E-state index is -0.401. The Morgan fingerprint density at radius 2 is 2.07 bits per heavy atom. The molecule has 8 nitrogen and oxygen atoms in total. The van der Waals surface area contributed by atoms with Gasteiger partial charge in [0.15, 0.2) is 5.13 Å². The van der Waals surface area contributed by atoms with Gasteiger partial charge >= 0.3 is 6.03 Å². The van der Waals surface area contributed by atoms with Crippen LogP contribution in [0, 0.1) is 6.92 Å². The molecule has 0 fully saturated rings. The summed E-state index contributed by atoms with van der Waals surface area (Å²) in [6, 6.07) is 4.74. The summed E-state index contributed by atoms with van der Waals surface area (Å²) in [6.07, 6.45) is 1.39. The molecule has 3 amide bonds. The highest BCUT2D eigenvalue weighted by Crippen LogP contribution is 2.22. The standard InChI is InChI=1S/C18H17Cl2N5O3S/c1-10-13(7-22-28-10)16(26)25(2)8-12-9-29-18(23-12)24-17(27)21-6-11-3-4-14(19)15(20)5-11/h3-5,7,9H,6,8H2,1-2H3,(H2,21,23,24,27). The van der Waals surface area contributed by atoms with Gasteiger partial charge in [0, 0.05) is 19.0 Å². The maximum absolute atomic E-state index is 12.4. The molecule has 3 aromatic rings. The van der Waals surface area contributed by atoms with E-state index in [0.717, 1.165) is 5.56 Å². The average molecular weight is 454 g/mol. The lowest BCUT2D eigenvalue weighted by atomic mass is 10.2. The van der Waals surface area contributed by atoms with Gasteiger partial charge < -0.3 is 14.7 Å². The molecule has 3 rings (SSSR count). The van der Waals surface area contributed by atoms with Crippen molar-refractivity contribution in [3.05, 3.63) is 62.4 Å². The first-order valence-electron chi connectivity index (χ1n) is 8.43. The fraction of sp³-hybridized carbons (Fsp3) is 0.222. The van der Waals surface area contributed by atoms with E-state index in [1.165, 1.54) is 22.4 Å². The van der Waals surface area contributed by atoms with Gasteiger partial charge in [-0.2, -0.15) is 0 Å². The number of nitrogens with zero attached hydrogens (tertiary/aromatic N) is 3. The molecule has 0 spiro atoms. The number of carbonyl (C=O) groups excluding carboxylic acids is 2. The number of anilines is 1. The van der Waals surface area contributed by atoms with Crippen molar-refractivity contribution in [1.29, 1.82) is 0 Å². The van der Waals surface area contributed by atoms with Gasteiger partial charge in [0.25, 0.3) is 5.91 Å². The zero-order chi connectivity index (χ0) is 21.0. The molecule has 0 aliphatic heterocycles. The van der Waals surface area contributed by atoms with Crippen molar-refractivity contribution in [2.24, 2.45) is 0 Å². The summed E-state index contributed by atoms with van der Waals surface area (Å²) in [6.45, 7) is 2.25. The lowest BCUT2D eigenvalue weighted by Crippen LogP contribution is -2.28. The van der Waals surface area contributed by atoms with E-state index in [0.29, 0.717) is 32.2 Å². The summed E-state index contributed by atoms with van der Waals surface area (Å²) in [7, 11) is 1.66. The van der Waals surface area contributed by atoms with Crippen molar-refractivity contribution in [3.63, 3.8) is 0 Å². The number of urea groups is 1. The molecule has 2 aromatic heterocycles. The lowest BCUT2D eigenvalue weighted by Gasteiger charge is -2.14. The van der Waals surface area contributed by atoms with Crippen molar-refractivity contribution < 1.29 is 14.1 Å². The number of amides is 3. The number of aryl methyl sites for hydroxylation is 1. The van der Waals surface area contributed by atoms with E-state index in [1.54, 1.807) is 37.6 Å². The normalized spacial score (nSPS) is 10.6. The Kier molecular flexibility index (Phi) is 6.73. The van der Waals surface area contributed by atoms with Crippen LogP contribution in [0.1, 0.15) is 27.4 Å². The van der Waals surface area contributed by atoms with Gasteiger partial charge in [0.1, 0.15) is 11.3 Å². The summed E-state index contributed by atoms with van der Waals surface area (Å²) < 4.78 is 4.92. The van der Waals surface area contributed by atoms with Crippen LogP contribution >= 0.6 is 34.5 Å². The molecule has 2 N–H and O–H groups in total. The number of halogens is 2. The molecule has 0 radical (unpaired) electrons. The van der Waals surface area contributed by atoms with Crippen LogP contribution in [0.3, 0.4) is 0 Å². The number of hydrogen-bond acceptors (Lipinski definition) is 6. The second-order valence-corrected chi connectivity index (χ2v) is 7.83. The van der Waals surface area contributed by atoms with Gasteiger partial charge in [0.05, 0.1) is 28.5 Å². The van der Waals surface area contributed by atoms with Gasteiger partial charge in [-0.15, -0.1) is 11.3 Å². The maximum atomic E-state index is 12.4. The monoisotopic (exact) mass is 453 g/mol. The van der Waals surface area contributed by atoms with Crippen molar-refractivity contribution in [1.82, 2.24) is 20.4 Å². The number of benzene rings is 1. The molecule has 1 aromatic carbocycles. The fourth-order valence-electron chi connectivity index (χ4n) is 2.43. The molecule has 152 valence electrons. The number of aromatic nitrogens is 2. The molecule has 2 heterocycles. The Bertz CT molecular complexity index is 1040. The Hall–Kier alpha value is -2.62. The Balaban J connectivity index is 1.51. The Morgan fingerprint density at radius 3 is 2.76 bits per heavy atom. The van der Waals surface area contributed by atoms with Gasteiger partial charge in [-0.1, -0.05) is 34.4 Å². The quantitative estimate of drug-likeness (QED) is 0.577. The van der Waals surface area contributed by atoms with Crippen LogP contribution in [0.25, 0.3) is 0 Å². The van der Waals surface area contributed by atoms with Crippen molar-refractivity contribution in [2.75, 3.05) is 12.4 Å². The second kappa shape index (κ2) is 9.25. The summed E-state index contributed by atoms with van der Waals surface area (Å²) in [5, 5.41) is 12.1. The van der Waals surface area contributed by atoms with Crippen molar-refractivity contribution >= 4 is 51.6 Å². The lowest BCUT2D eigenvalue weighted by molar-refractivity contribution is 0.0782. The second-order valence-electron chi connectivity index (χ2n) is 6.16. The predicted octanol–water partition coefficient (Wildman–Crippen LogP) is 4.34. The number of thiazole rings is 1. The van der Waals surface area contributed by atoms with Crippen LogP contribution in [-0.4, -0.2) is 34.0 Å². The van der Waals surface area contributed by atoms with Crippen molar-refractivity contribution in [2.45, 2.75) is 20.0 Å². The topological polar surface area (TPSA) is 100 Å². The zero-order valence-corrected chi connectivity index (χ0v) is 17.9. The summed E-state index contributed by atoms with van der Waals surface area (Å²) in [5.41, 5.74) is 1.88. The van der Waals surface area contributed by atoms with Crippen LogP contribution in [0.2, 0.25) is 10.0 Å². The SMILES string of the molecule is Cc1oncc1C(=O)N(C)Cc1csc(NC(=O)NCc2ccc(Cl)c(Cl)c2)n1. The Morgan fingerprint density at radius 1 is 1.28 bits per heavy atom. The maximum Gasteiger partial charge on any atom is 0.321 e. The molecule has 0 saturated heterocycles. The van der Waals surface area contributed by atoms with Gasteiger partial charge in [-0.25, -0.2) is 9.78 Å². The molecule has 0 unspecified atom stereocenters. The minimum Gasteiger partial charge on any atom is -0.361 e. The molecule has 0 aliphatic rings. The van der Waals surface area contributed by atoms with Crippen LogP contribution in [0.4, 0.5) is 9.93 Å². The van der Waals surface area contributed by atoms with Crippen LogP contribution in [0.5, 0.6) is 0 Å². The largest absolute Gasteiger partial charge is 0.361 e. The molecule has 0 aliphatic carbocycles. The van der Waals surface area contributed by atoms with Crippen LogP contribution in [-0.2, 0) is 13.1 Å². The average Bonchev–Trinajstić information content (AvgIpc) is 3.30. The minimum absolute atomic E-state index is 0.217. The Labute approximate surface area is 180 Å². The van der Waals surface area contributed by atoms with Gasteiger partial charge in [-0.05, 0) is 24.6 Å². The van der Waals surface area contributed by atoms with Gasteiger partial charge in [0.2, 0.25) is 0 Å². The third-order valence-electron chi connectivity index (χ3n) is 3.94. The number of hydrogen-bond donors (Lipinski definition) is 2. The molecule has 0 saturated carbocycles. The number of nitrogens with one attached hydrogen (secondary N) is 2. The molecule has 11 heteroatoms.